The third kappa shape index (κ3) is 4.72. The van der Waals surface area contributed by atoms with Crippen LogP contribution in [0.1, 0.15) is 20.7 Å². The number of benzene rings is 3. The summed E-state index contributed by atoms with van der Waals surface area (Å²) in [5.41, 5.74) is 5.66. The Labute approximate surface area is 171 Å². The van der Waals surface area contributed by atoms with Gasteiger partial charge in [-0.2, -0.15) is 0 Å². The zero-order valence-corrected chi connectivity index (χ0v) is 16.3. The Balaban J connectivity index is 1.68. The van der Waals surface area contributed by atoms with Crippen molar-refractivity contribution in [3.8, 4) is 11.5 Å². The average Bonchev–Trinajstić information content (AvgIpc) is 2.68. The summed E-state index contributed by atoms with van der Waals surface area (Å²) in [6.45, 7) is 0. The highest BCUT2D eigenvalue weighted by Crippen LogP contribution is 2.26. The molecule has 3 rings (SSSR count). The van der Waals surface area contributed by atoms with E-state index < -0.39 is 23.4 Å². The van der Waals surface area contributed by atoms with Crippen LogP contribution in [0.2, 0.25) is 0 Å². The van der Waals surface area contributed by atoms with Crippen LogP contribution < -0.4 is 20.7 Å². The van der Waals surface area contributed by atoms with Crippen LogP contribution in [-0.2, 0) is 0 Å². The van der Waals surface area contributed by atoms with Crippen LogP contribution >= 0.6 is 0 Å². The molecule has 0 saturated heterocycles. The number of nitrogens with one attached hydrogen (secondary N) is 1. The van der Waals surface area contributed by atoms with Gasteiger partial charge in [0.15, 0.2) is 11.6 Å². The minimum Gasteiger partial charge on any atom is -0.457 e. The fourth-order valence-electron chi connectivity index (χ4n) is 2.77. The molecule has 0 aliphatic rings. The van der Waals surface area contributed by atoms with E-state index in [0.29, 0.717) is 17.1 Å². The molecular formula is C22H19F2N3O3. The number of anilines is 2. The molecule has 154 valence electrons. The number of amides is 2. The van der Waals surface area contributed by atoms with Crippen molar-refractivity contribution < 1.29 is 23.1 Å². The molecule has 0 spiro atoms. The van der Waals surface area contributed by atoms with Gasteiger partial charge in [0.1, 0.15) is 17.2 Å². The van der Waals surface area contributed by atoms with Crippen molar-refractivity contribution in [1.29, 1.82) is 0 Å². The number of primary amides is 1. The molecule has 3 aromatic carbocycles. The normalized spacial score (nSPS) is 10.4. The number of nitrogens with zero attached hydrogens (tertiary/aromatic N) is 1. The van der Waals surface area contributed by atoms with E-state index in [4.69, 9.17) is 10.5 Å². The van der Waals surface area contributed by atoms with Crippen molar-refractivity contribution in [2.45, 2.75) is 0 Å². The van der Waals surface area contributed by atoms with Crippen molar-refractivity contribution in [1.82, 2.24) is 0 Å². The molecule has 0 aliphatic carbocycles. The summed E-state index contributed by atoms with van der Waals surface area (Å²) in [5.74, 6) is -1.66. The molecule has 0 unspecified atom stereocenters. The highest BCUT2D eigenvalue weighted by atomic mass is 19.1. The van der Waals surface area contributed by atoms with E-state index in [2.05, 4.69) is 5.32 Å². The second kappa shape index (κ2) is 8.60. The van der Waals surface area contributed by atoms with E-state index >= 15 is 0 Å². The standard InChI is InChI=1S/C22H19F2N3O3/c1-27(2)20-18(23)11-15(12-19(20)24)26-22(29)14-5-9-17(10-6-14)30-16-7-3-13(4-8-16)21(25)28/h3-12H,1-2H3,(H2,25,28)(H,26,29). The first-order chi connectivity index (χ1) is 14.2. The summed E-state index contributed by atoms with van der Waals surface area (Å²) in [5, 5.41) is 2.47. The quantitative estimate of drug-likeness (QED) is 0.638. The zero-order valence-electron chi connectivity index (χ0n) is 16.3. The lowest BCUT2D eigenvalue weighted by Gasteiger charge is -2.16. The van der Waals surface area contributed by atoms with Gasteiger partial charge in [0.25, 0.3) is 5.91 Å². The van der Waals surface area contributed by atoms with Gasteiger partial charge in [0.05, 0.1) is 0 Å². The molecule has 3 aromatic rings. The number of hydrogen-bond acceptors (Lipinski definition) is 4. The molecule has 0 atom stereocenters. The summed E-state index contributed by atoms with van der Waals surface area (Å²) in [6.07, 6.45) is 0. The summed E-state index contributed by atoms with van der Waals surface area (Å²) >= 11 is 0. The topological polar surface area (TPSA) is 84.7 Å². The lowest BCUT2D eigenvalue weighted by atomic mass is 10.2. The van der Waals surface area contributed by atoms with Crippen LogP contribution in [0.3, 0.4) is 0 Å². The highest BCUT2D eigenvalue weighted by molar-refractivity contribution is 6.04. The smallest absolute Gasteiger partial charge is 0.255 e. The molecule has 0 radical (unpaired) electrons. The van der Waals surface area contributed by atoms with Crippen LogP contribution in [0.25, 0.3) is 0 Å². The van der Waals surface area contributed by atoms with Gasteiger partial charge in [0, 0.05) is 30.9 Å². The molecule has 0 aliphatic heterocycles. The molecule has 6 nitrogen and oxygen atoms in total. The van der Waals surface area contributed by atoms with Crippen molar-refractivity contribution in [3.63, 3.8) is 0 Å². The minimum atomic E-state index is -0.776. The molecule has 0 bridgehead atoms. The second-order valence-electron chi connectivity index (χ2n) is 6.65. The molecule has 0 fully saturated rings. The lowest BCUT2D eigenvalue weighted by molar-refractivity contribution is 0.0997. The number of nitrogens with two attached hydrogens (primary N) is 1. The first-order valence-electron chi connectivity index (χ1n) is 8.90. The van der Waals surface area contributed by atoms with Crippen LogP contribution in [0, 0.1) is 11.6 Å². The number of carbonyl (C=O) groups excluding carboxylic acids is 2. The Morgan fingerprint density at radius 3 is 1.77 bits per heavy atom. The van der Waals surface area contributed by atoms with E-state index in [0.717, 1.165) is 12.1 Å². The highest BCUT2D eigenvalue weighted by Gasteiger charge is 2.15. The Bertz CT molecular complexity index is 1060. The number of halogens is 2. The third-order valence-electron chi connectivity index (χ3n) is 4.21. The van der Waals surface area contributed by atoms with Gasteiger partial charge in [-0.15, -0.1) is 0 Å². The SMILES string of the molecule is CN(C)c1c(F)cc(NC(=O)c2ccc(Oc3ccc(C(N)=O)cc3)cc2)cc1F. The van der Waals surface area contributed by atoms with Gasteiger partial charge < -0.3 is 20.7 Å². The summed E-state index contributed by atoms with van der Waals surface area (Å²) in [6, 6.07) is 14.6. The van der Waals surface area contributed by atoms with Crippen molar-refractivity contribution in [2.24, 2.45) is 5.73 Å². The lowest BCUT2D eigenvalue weighted by Crippen LogP contribution is -2.15. The second-order valence-corrected chi connectivity index (χ2v) is 6.65. The Morgan fingerprint density at radius 2 is 1.33 bits per heavy atom. The number of ether oxygens (including phenoxy) is 1. The maximum Gasteiger partial charge on any atom is 0.255 e. The van der Waals surface area contributed by atoms with Gasteiger partial charge >= 0.3 is 0 Å². The van der Waals surface area contributed by atoms with E-state index in [1.54, 1.807) is 36.4 Å². The summed E-state index contributed by atoms with van der Waals surface area (Å²) in [7, 11) is 3.05. The largest absolute Gasteiger partial charge is 0.457 e. The van der Waals surface area contributed by atoms with E-state index in [1.807, 2.05) is 0 Å². The van der Waals surface area contributed by atoms with E-state index in [9.17, 15) is 18.4 Å². The first-order valence-corrected chi connectivity index (χ1v) is 8.90. The number of rotatable bonds is 6. The van der Waals surface area contributed by atoms with Crippen LogP contribution in [0.15, 0.2) is 60.7 Å². The molecule has 2 amide bonds. The first kappa shape index (κ1) is 20.8. The molecule has 0 saturated carbocycles. The van der Waals surface area contributed by atoms with Gasteiger partial charge in [0.2, 0.25) is 5.91 Å². The van der Waals surface area contributed by atoms with Gasteiger partial charge in [-0.1, -0.05) is 0 Å². The minimum absolute atomic E-state index is 0.00969. The number of carbonyl (C=O) groups is 2. The maximum atomic E-state index is 14.1. The summed E-state index contributed by atoms with van der Waals surface area (Å²) in [4.78, 5) is 24.8. The van der Waals surface area contributed by atoms with Gasteiger partial charge in [-0.25, -0.2) is 8.78 Å². The van der Waals surface area contributed by atoms with E-state index in [-0.39, 0.29) is 16.9 Å². The van der Waals surface area contributed by atoms with Crippen LogP contribution in [0.5, 0.6) is 11.5 Å². The van der Waals surface area contributed by atoms with Gasteiger partial charge in [-0.3, -0.25) is 9.59 Å². The molecule has 0 heterocycles. The number of hydrogen-bond donors (Lipinski definition) is 2. The molecule has 3 N–H and O–H groups in total. The zero-order chi connectivity index (χ0) is 21.8. The third-order valence-corrected chi connectivity index (χ3v) is 4.21. The Kier molecular flexibility index (Phi) is 5.96. The molecular weight excluding hydrogens is 392 g/mol. The maximum absolute atomic E-state index is 14.1. The van der Waals surface area contributed by atoms with Crippen LogP contribution in [0.4, 0.5) is 20.2 Å². The average molecular weight is 411 g/mol. The molecule has 30 heavy (non-hydrogen) atoms. The van der Waals surface area contributed by atoms with Crippen molar-refractivity contribution in [3.05, 3.63) is 83.4 Å². The van der Waals surface area contributed by atoms with Gasteiger partial charge in [-0.05, 0) is 60.7 Å². The molecule has 0 aromatic heterocycles. The van der Waals surface area contributed by atoms with Crippen molar-refractivity contribution >= 4 is 23.2 Å². The van der Waals surface area contributed by atoms with Crippen LogP contribution in [-0.4, -0.2) is 25.9 Å². The monoisotopic (exact) mass is 411 g/mol. The summed E-state index contributed by atoms with van der Waals surface area (Å²) < 4.78 is 33.8. The fourth-order valence-corrected chi connectivity index (χ4v) is 2.77. The Hall–Kier alpha value is -3.94. The Morgan fingerprint density at radius 1 is 0.867 bits per heavy atom. The van der Waals surface area contributed by atoms with Crippen molar-refractivity contribution in [2.75, 3.05) is 24.3 Å². The predicted octanol–water partition coefficient (Wildman–Crippen LogP) is 4.17. The molecule has 8 heteroatoms. The fraction of sp³-hybridized carbons (Fsp3) is 0.0909. The van der Waals surface area contributed by atoms with E-state index in [1.165, 1.54) is 31.1 Å². The predicted molar refractivity (Wildman–Crippen MR) is 110 cm³/mol.